The average molecular weight is 359 g/mol. The molecule has 4 rings (SSSR count). The Labute approximate surface area is 153 Å². The van der Waals surface area contributed by atoms with Crippen molar-refractivity contribution in [2.45, 2.75) is 44.6 Å². The summed E-state index contributed by atoms with van der Waals surface area (Å²) in [6.45, 7) is 1.58. The lowest BCUT2D eigenvalue weighted by Gasteiger charge is -2.39. The Morgan fingerprint density at radius 1 is 1.00 bits per heavy atom. The quantitative estimate of drug-likeness (QED) is 0.816. The van der Waals surface area contributed by atoms with Crippen molar-refractivity contribution in [3.8, 4) is 0 Å². The molecule has 1 aromatic carbocycles. The summed E-state index contributed by atoms with van der Waals surface area (Å²) < 4.78 is 0. The van der Waals surface area contributed by atoms with Gasteiger partial charge in [0.15, 0.2) is 0 Å². The summed E-state index contributed by atoms with van der Waals surface area (Å²) in [7, 11) is 0. The molecule has 1 aliphatic carbocycles. The molecule has 0 aromatic heterocycles. The van der Waals surface area contributed by atoms with Gasteiger partial charge in [0, 0.05) is 24.8 Å². The van der Waals surface area contributed by atoms with Crippen LogP contribution in [0.4, 0.5) is 0 Å². The van der Waals surface area contributed by atoms with Gasteiger partial charge in [-0.05, 0) is 49.7 Å². The van der Waals surface area contributed by atoms with Crippen LogP contribution in [0.2, 0.25) is 0 Å². The number of hydrogen-bond donors (Lipinski definition) is 0. The molecule has 3 aliphatic rings. The van der Waals surface area contributed by atoms with E-state index in [9.17, 15) is 9.59 Å². The molecule has 0 saturated carbocycles. The molecule has 2 fully saturated rings. The van der Waals surface area contributed by atoms with Crippen LogP contribution >= 0.6 is 11.8 Å². The zero-order valence-corrected chi connectivity index (χ0v) is 15.5. The Morgan fingerprint density at radius 2 is 1.84 bits per heavy atom. The minimum Gasteiger partial charge on any atom is -0.331 e. The lowest BCUT2D eigenvalue weighted by molar-refractivity contribution is -0.149. The number of hydrogen-bond acceptors (Lipinski definition) is 3. The minimum absolute atomic E-state index is 0.0382. The highest BCUT2D eigenvalue weighted by Gasteiger charge is 2.38. The van der Waals surface area contributed by atoms with Crippen LogP contribution in [0, 0.1) is 5.92 Å². The Balaban J connectivity index is 1.48. The van der Waals surface area contributed by atoms with Crippen LogP contribution in [0.15, 0.2) is 24.3 Å². The van der Waals surface area contributed by atoms with Crippen molar-refractivity contribution in [1.29, 1.82) is 0 Å². The number of aryl methyl sites for hydroxylation is 1. The molecule has 2 heterocycles. The van der Waals surface area contributed by atoms with Gasteiger partial charge in [0.2, 0.25) is 11.8 Å². The van der Waals surface area contributed by atoms with Crippen molar-refractivity contribution in [1.82, 2.24) is 9.80 Å². The Hall–Kier alpha value is -1.49. The predicted molar refractivity (Wildman–Crippen MR) is 100 cm³/mol. The van der Waals surface area contributed by atoms with E-state index in [2.05, 4.69) is 24.3 Å². The maximum absolute atomic E-state index is 13.2. The van der Waals surface area contributed by atoms with Crippen molar-refractivity contribution in [3.63, 3.8) is 0 Å². The number of carbonyl (C=O) groups excluding carboxylic acids is 2. The lowest BCUT2D eigenvalue weighted by atomic mass is 9.82. The zero-order chi connectivity index (χ0) is 17.2. The summed E-state index contributed by atoms with van der Waals surface area (Å²) in [6, 6.07) is 8.24. The highest BCUT2D eigenvalue weighted by Crippen LogP contribution is 2.30. The highest BCUT2D eigenvalue weighted by molar-refractivity contribution is 7.99. The maximum atomic E-state index is 13.2. The molecule has 4 nitrogen and oxygen atoms in total. The Morgan fingerprint density at radius 3 is 2.64 bits per heavy atom. The summed E-state index contributed by atoms with van der Waals surface area (Å²) >= 11 is 1.81. The van der Waals surface area contributed by atoms with E-state index in [0.29, 0.717) is 0 Å². The normalized spacial score (nSPS) is 26.4. The van der Waals surface area contributed by atoms with E-state index in [1.54, 1.807) is 11.8 Å². The number of benzene rings is 1. The van der Waals surface area contributed by atoms with Gasteiger partial charge in [-0.3, -0.25) is 9.59 Å². The van der Waals surface area contributed by atoms with Gasteiger partial charge in [0.05, 0.1) is 5.88 Å². The third-order valence-electron chi connectivity index (χ3n) is 5.83. The second-order valence-corrected chi connectivity index (χ2v) is 8.47. The first kappa shape index (κ1) is 17.0. The number of rotatable bonds is 2. The molecular formula is C20H26N2O2S. The van der Waals surface area contributed by atoms with Crippen LogP contribution < -0.4 is 0 Å². The average Bonchev–Trinajstić information content (AvgIpc) is 3.21. The van der Waals surface area contributed by atoms with E-state index in [1.807, 2.05) is 9.80 Å². The van der Waals surface area contributed by atoms with Gasteiger partial charge in [-0.2, -0.15) is 0 Å². The molecule has 0 spiro atoms. The molecule has 2 aliphatic heterocycles. The molecule has 2 saturated heterocycles. The summed E-state index contributed by atoms with van der Waals surface area (Å²) in [5.41, 5.74) is 2.69. The molecule has 0 radical (unpaired) electrons. The van der Waals surface area contributed by atoms with E-state index in [0.717, 1.165) is 63.2 Å². The molecular weight excluding hydrogens is 332 g/mol. The van der Waals surface area contributed by atoms with Crippen molar-refractivity contribution in [2.24, 2.45) is 5.92 Å². The molecule has 134 valence electrons. The Kier molecular flexibility index (Phi) is 5.02. The maximum Gasteiger partial charge on any atom is 0.246 e. The first-order valence-electron chi connectivity index (χ1n) is 9.48. The van der Waals surface area contributed by atoms with Crippen LogP contribution in [-0.4, -0.2) is 52.4 Å². The molecule has 2 unspecified atom stereocenters. The first-order chi connectivity index (χ1) is 12.2. The van der Waals surface area contributed by atoms with Gasteiger partial charge in [0.25, 0.3) is 0 Å². The van der Waals surface area contributed by atoms with Gasteiger partial charge < -0.3 is 9.80 Å². The molecule has 25 heavy (non-hydrogen) atoms. The van der Waals surface area contributed by atoms with E-state index in [-0.39, 0.29) is 23.8 Å². The fourth-order valence-corrected chi connectivity index (χ4v) is 5.35. The largest absolute Gasteiger partial charge is 0.331 e. The number of piperidine rings is 1. The number of nitrogens with zero attached hydrogens (tertiary/aromatic N) is 2. The number of likely N-dealkylation sites (tertiary alicyclic amines) is 1. The van der Waals surface area contributed by atoms with Gasteiger partial charge >= 0.3 is 0 Å². The molecule has 0 bridgehead atoms. The van der Waals surface area contributed by atoms with Gasteiger partial charge in [0.1, 0.15) is 6.04 Å². The number of thioether (sulfide) groups is 1. The van der Waals surface area contributed by atoms with E-state index < -0.39 is 0 Å². The molecule has 2 amide bonds. The second kappa shape index (κ2) is 7.40. The monoisotopic (exact) mass is 358 g/mol. The second-order valence-electron chi connectivity index (χ2n) is 7.39. The van der Waals surface area contributed by atoms with E-state index in [1.165, 1.54) is 11.1 Å². The fourth-order valence-electron chi connectivity index (χ4n) is 4.39. The summed E-state index contributed by atoms with van der Waals surface area (Å²) in [6.07, 6.45) is 5.61. The first-order valence-corrected chi connectivity index (χ1v) is 10.6. The van der Waals surface area contributed by atoms with Gasteiger partial charge in [-0.25, -0.2) is 0 Å². The molecule has 5 heteroatoms. The Bertz CT molecular complexity index is 657. The summed E-state index contributed by atoms with van der Waals surface area (Å²) in [4.78, 5) is 30.0. The van der Waals surface area contributed by atoms with Crippen LogP contribution in [0.5, 0.6) is 0 Å². The van der Waals surface area contributed by atoms with E-state index >= 15 is 0 Å². The van der Waals surface area contributed by atoms with Crippen molar-refractivity contribution in [3.05, 3.63) is 35.4 Å². The highest BCUT2D eigenvalue weighted by atomic mass is 32.2. The summed E-state index contributed by atoms with van der Waals surface area (Å²) in [5.74, 6) is 2.23. The predicted octanol–water partition coefficient (Wildman–Crippen LogP) is 2.71. The van der Waals surface area contributed by atoms with Crippen LogP contribution in [-0.2, 0) is 22.4 Å². The molecule has 2 atom stereocenters. The van der Waals surface area contributed by atoms with Gasteiger partial charge in [-0.1, -0.05) is 24.3 Å². The standard InChI is InChI=1S/C20H26N2O2S/c23-19(17-9-8-15-5-1-2-6-16(15)13-17)22-10-4-3-7-18(22)20(24)21-11-12-25-14-21/h1-2,5-6,17-18H,3-4,7-14H2. The van der Waals surface area contributed by atoms with E-state index in [4.69, 9.17) is 0 Å². The van der Waals surface area contributed by atoms with Crippen LogP contribution in [0.1, 0.15) is 36.8 Å². The van der Waals surface area contributed by atoms with Crippen molar-refractivity contribution < 1.29 is 9.59 Å². The third kappa shape index (κ3) is 3.43. The molecule has 0 N–H and O–H groups in total. The number of carbonyl (C=O) groups is 2. The van der Waals surface area contributed by atoms with Crippen LogP contribution in [0.3, 0.4) is 0 Å². The topological polar surface area (TPSA) is 40.6 Å². The number of amides is 2. The SMILES string of the molecule is O=C(C1CCCCN1C(=O)C1CCc2ccccc2C1)N1CCSC1. The van der Waals surface area contributed by atoms with Gasteiger partial charge in [-0.15, -0.1) is 11.8 Å². The van der Waals surface area contributed by atoms with Crippen molar-refractivity contribution >= 4 is 23.6 Å². The van der Waals surface area contributed by atoms with Crippen molar-refractivity contribution in [2.75, 3.05) is 24.7 Å². The molecule has 1 aromatic rings. The number of fused-ring (bicyclic) bond motifs is 1. The zero-order valence-electron chi connectivity index (χ0n) is 14.7. The summed E-state index contributed by atoms with van der Waals surface area (Å²) in [5, 5.41) is 0. The fraction of sp³-hybridized carbons (Fsp3) is 0.600. The van der Waals surface area contributed by atoms with Crippen LogP contribution in [0.25, 0.3) is 0 Å². The minimum atomic E-state index is -0.225. The third-order valence-corrected chi connectivity index (χ3v) is 6.80. The smallest absolute Gasteiger partial charge is 0.246 e. The lowest BCUT2D eigenvalue weighted by Crippen LogP contribution is -2.54.